The van der Waals surface area contributed by atoms with Crippen LogP contribution in [0.2, 0.25) is 0 Å². The lowest BCUT2D eigenvalue weighted by Crippen LogP contribution is -2.44. The van der Waals surface area contributed by atoms with Crippen LogP contribution in [0.3, 0.4) is 0 Å². The average molecular weight is 304 g/mol. The largest absolute Gasteiger partial charge is 0.393 e. The van der Waals surface area contributed by atoms with Crippen LogP contribution < -0.4 is 5.32 Å². The molecule has 0 bridgehead atoms. The Morgan fingerprint density at radius 3 is 2.71 bits per heavy atom. The molecule has 1 heterocycles. The predicted octanol–water partition coefficient (Wildman–Crippen LogP) is 3.28. The molecule has 1 aromatic carbocycles. The Balaban J connectivity index is 2.22. The highest BCUT2D eigenvalue weighted by Crippen LogP contribution is 2.34. The number of para-hydroxylation sites is 1. The van der Waals surface area contributed by atoms with Crippen LogP contribution in [0.4, 0.5) is 23.2 Å². The summed E-state index contributed by atoms with van der Waals surface area (Å²) >= 11 is 0. The van der Waals surface area contributed by atoms with Crippen LogP contribution in [0.25, 0.3) is 0 Å². The first-order valence-electron chi connectivity index (χ1n) is 6.67. The van der Waals surface area contributed by atoms with E-state index in [1.165, 1.54) is 25.2 Å². The summed E-state index contributed by atoms with van der Waals surface area (Å²) in [5.41, 5.74) is 0.0666. The summed E-state index contributed by atoms with van der Waals surface area (Å²) in [6.07, 6.45) is -4.00. The molecule has 0 aliphatic carbocycles. The van der Waals surface area contributed by atoms with Crippen LogP contribution in [0, 0.1) is 11.7 Å². The van der Waals surface area contributed by atoms with E-state index in [-0.39, 0.29) is 30.8 Å². The Labute approximate surface area is 119 Å². The zero-order valence-electron chi connectivity index (χ0n) is 11.5. The van der Waals surface area contributed by atoms with Crippen molar-refractivity contribution in [3.8, 4) is 0 Å². The molecule has 1 saturated heterocycles. The van der Waals surface area contributed by atoms with Crippen LogP contribution in [0.5, 0.6) is 0 Å². The Bertz CT molecular complexity index is 530. The highest BCUT2D eigenvalue weighted by molar-refractivity contribution is 5.99. The van der Waals surface area contributed by atoms with Crippen LogP contribution in [0.15, 0.2) is 18.2 Å². The van der Waals surface area contributed by atoms with Crippen molar-refractivity contribution in [2.45, 2.75) is 19.0 Å². The van der Waals surface area contributed by atoms with E-state index in [0.717, 1.165) is 4.90 Å². The lowest BCUT2D eigenvalue weighted by molar-refractivity contribution is -0.184. The Morgan fingerprint density at radius 2 is 2.10 bits per heavy atom. The fourth-order valence-electron chi connectivity index (χ4n) is 2.56. The van der Waals surface area contributed by atoms with Gasteiger partial charge in [0.2, 0.25) is 0 Å². The van der Waals surface area contributed by atoms with Gasteiger partial charge in [0.1, 0.15) is 5.82 Å². The number of benzene rings is 1. The van der Waals surface area contributed by atoms with Crippen LogP contribution in [0.1, 0.15) is 23.2 Å². The first-order chi connectivity index (χ1) is 9.84. The number of carbonyl (C=O) groups excluding carboxylic acids is 1. The number of piperidine rings is 1. The third kappa shape index (κ3) is 3.28. The number of carbonyl (C=O) groups is 1. The Kier molecular flexibility index (Phi) is 4.39. The quantitative estimate of drug-likeness (QED) is 0.850. The third-order valence-electron chi connectivity index (χ3n) is 3.67. The average Bonchev–Trinajstić information content (AvgIpc) is 2.45. The van der Waals surface area contributed by atoms with Gasteiger partial charge in [-0.05, 0) is 25.0 Å². The molecule has 21 heavy (non-hydrogen) atoms. The molecule has 2 rings (SSSR count). The molecule has 0 saturated carbocycles. The van der Waals surface area contributed by atoms with Gasteiger partial charge in [-0.1, -0.05) is 6.07 Å². The first kappa shape index (κ1) is 15.6. The van der Waals surface area contributed by atoms with Gasteiger partial charge in [0.05, 0.1) is 17.2 Å². The molecule has 1 aliphatic rings. The topological polar surface area (TPSA) is 32.3 Å². The molecule has 1 amide bonds. The van der Waals surface area contributed by atoms with Crippen molar-refractivity contribution in [1.82, 2.24) is 4.90 Å². The maximum absolute atomic E-state index is 13.6. The van der Waals surface area contributed by atoms with E-state index in [0.29, 0.717) is 6.42 Å². The summed E-state index contributed by atoms with van der Waals surface area (Å²) in [5, 5.41) is 2.58. The molecular weight excluding hydrogens is 288 g/mol. The first-order valence-corrected chi connectivity index (χ1v) is 6.67. The summed E-state index contributed by atoms with van der Waals surface area (Å²) < 4.78 is 52.0. The molecule has 1 fully saturated rings. The van der Waals surface area contributed by atoms with Crippen molar-refractivity contribution < 1.29 is 22.4 Å². The van der Waals surface area contributed by atoms with Crippen molar-refractivity contribution >= 4 is 11.6 Å². The Hall–Kier alpha value is -1.79. The number of rotatable bonds is 2. The van der Waals surface area contributed by atoms with E-state index in [2.05, 4.69) is 5.32 Å². The van der Waals surface area contributed by atoms with Gasteiger partial charge in [0, 0.05) is 20.1 Å². The second-order valence-electron chi connectivity index (χ2n) is 5.04. The van der Waals surface area contributed by atoms with Gasteiger partial charge in [-0.15, -0.1) is 0 Å². The minimum atomic E-state index is -4.31. The number of alkyl halides is 3. The minimum Gasteiger partial charge on any atom is -0.385 e. The van der Waals surface area contributed by atoms with E-state index in [1.807, 2.05) is 0 Å². The van der Waals surface area contributed by atoms with Gasteiger partial charge >= 0.3 is 6.18 Å². The van der Waals surface area contributed by atoms with E-state index in [1.54, 1.807) is 0 Å². The molecule has 1 aliphatic heterocycles. The van der Waals surface area contributed by atoms with Gasteiger partial charge < -0.3 is 10.2 Å². The zero-order valence-corrected chi connectivity index (χ0v) is 11.5. The third-order valence-corrected chi connectivity index (χ3v) is 3.67. The maximum atomic E-state index is 13.6. The second-order valence-corrected chi connectivity index (χ2v) is 5.04. The molecule has 1 unspecified atom stereocenters. The normalized spacial score (nSPS) is 19.5. The number of anilines is 1. The van der Waals surface area contributed by atoms with E-state index in [4.69, 9.17) is 0 Å². The SMILES string of the molecule is CNc1c(F)cccc1C(=O)N1CCCC(C(F)(F)F)C1. The molecule has 7 heteroatoms. The molecule has 3 nitrogen and oxygen atoms in total. The molecule has 116 valence electrons. The van der Waals surface area contributed by atoms with Crippen LogP contribution in [-0.4, -0.2) is 37.1 Å². The summed E-state index contributed by atoms with van der Waals surface area (Å²) in [4.78, 5) is 13.5. The van der Waals surface area contributed by atoms with Gasteiger partial charge in [0.15, 0.2) is 0 Å². The highest BCUT2D eigenvalue weighted by atomic mass is 19.4. The lowest BCUT2D eigenvalue weighted by atomic mass is 9.96. The van der Waals surface area contributed by atoms with Crippen LogP contribution >= 0.6 is 0 Å². The highest BCUT2D eigenvalue weighted by Gasteiger charge is 2.42. The summed E-state index contributed by atoms with van der Waals surface area (Å²) in [6, 6.07) is 3.97. The van der Waals surface area contributed by atoms with Crippen molar-refractivity contribution in [3.63, 3.8) is 0 Å². The van der Waals surface area contributed by atoms with Gasteiger partial charge in [0.25, 0.3) is 5.91 Å². The molecule has 1 N–H and O–H groups in total. The molecule has 0 aromatic heterocycles. The minimum absolute atomic E-state index is 0.0108. The number of nitrogens with one attached hydrogen (secondary N) is 1. The summed E-state index contributed by atoms with van der Waals surface area (Å²) in [6.45, 7) is -0.118. The molecule has 0 radical (unpaired) electrons. The number of hydrogen-bond donors (Lipinski definition) is 1. The lowest BCUT2D eigenvalue weighted by Gasteiger charge is -2.34. The van der Waals surface area contributed by atoms with Crippen molar-refractivity contribution in [2.24, 2.45) is 5.92 Å². The van der Waals surface area contributed by atoms with E-state index >= 15 is 0 Å². The predicted molar refractivity (Wildman–Crippen MR) is 70.6 cm³/mol. The van der Waals surface area contributed by atoms with Crippen LogP contribution in [-0.2, 0) is 0 Å². The number of halogens is 4. The fourth-order valence-corrected chi connectivity index (χ4v) is 2.56. The summed E-state index contributed by atoms with van der Waals surface area (Å²) in [7, 11) is 1.46. The number of nitrogens with zero attached hydrogens (tertiary/aromatic N) is 1. The van der Waals surface area contributed by atoms with E-state index in [9.17, 15) is 22.4 Å². The smallest absolute Gasteiger partial charge is 0.385 e. The van der Waals surface area contributed by atoms with Gasteiger partial charge in [-0.3, -0.25) is 4.79 Å². The van der Waals surface area contributed by atoms with Crippen molar-refractivity contribution in [2.75, 3.05) is 25.5 Å². The standard InChI is InChI=1S/C14H16F4N2O/c1-19-12-10(5-2-6-11(12)15)13(21)20-7-3-4-9(8-20)14(16,17)18/h2,5-6,9,19H,3-4,7-8H2,1H3. The van der Waals surface area contributed by atoms with Gasteiger partial charge in [-0.25, -0.2) is 4.39 Å². The van der Waals surface area contributed by atoms with Gasteiger partial charge in [-0.2, -0.15) is 13.2 Å². The maximum Gasteiger partial charge on any atom is 0.393 e. The molecule has 0 spiro atoms. The monoisotopic (exact) mass is 304 g/mol. The Morgan fingerprint density at radius 1 is 1.38 bits per heavy atom. The summed E-state index contributed by atoms with van der Waals surface area (Å²) in [5.74, 6) is -2.69. The number of likely N-dealkylation sites (tertiary alicyclic amines) is 1. The number of hydrogen-bond acceptors (Lipinski definition) is 2. The zero-order chi connectivity index (χ0) is 15.6. The molecular formula is C14H16F4N2O. The number of amides is 1. The molecule has 1 aromatic rings. The van der Waals surface area contributed by atoms with Crippen molar-refractivity contribution in [3.05, 3.63) is 29.6 Å². The second kappa shape index (κ2) is 5.91. The molecule has 1 atom stereocenters. The van der Waals surface area contributed by atoms with E-state index < -0.39 is 23.8 Å². The fraction of sp³-hybridized carbons (Fsp3) is 0.500. The van der Waals surface area contributed by atoms with Crippen molar-refractivity contribution in [1.29, 1.82) is 0 Å².